The number of hydrogen-bond acceptors (Lipinski definition) is 3. The maximum Gasteiger partial charge on any atom is 0.251 e. The summed E-state index contributed by atoms with van der Waals surface area (Å²) in [6.07, 6.45) is 4.58. The smallest absolute Gasteiger partial charge is 0.251 e. The Hall–Kier alpha value is -2.64. The van der Waals surface area contributed by atoms with Gasteiger partial charge in [-0.05, 0) is 61.4 Å². The SMILES string of the molecule is Cc1ccc(S(=O)(=O)NC2CC2)cc1C(=O)NCCCn1ccc2ccccc21. The lowest BCUT2D eigenvalue weighted by Crippen LogP contribution is -2.28. The summed E-state index contributed by atoms with van der Waals surface area (Å²) < 4.78 is 29.7. The fourth-order valence-electron chi connectivity index (χ4n) is 3.38. The molecule has 1 heterocycles. The van der Waals surface area contributed by atoms with Gasteiger partial charge in [-0.1, -0.05) is 24.3 Å². The number of rotatable bonds is 8. The van der Waals surface area contributed by atoms with E-state index in [0.717, 1.165) is 31.4 Å². The first kappa shape index (κ1) is 19.7. The van der Waals surface area contributed by atoms with Crippen LogP contribution in [0.4, 0.5) is 0 Å². The van der Waals surface area contributed by atoms with Crippen LogP contribution in [0.5, 0.6) is 0 Å². The fraction of sp³-hybridized carbons (Fsp3) is 0.318. The van der Waals surface area contributed by atoms with Gasteiger partial charge in [0.25, 0.3) is 5.91 Å². The van der Waals surface area contributed by atoms with Crippen LogP contribution in [0.3, 0.4) is 0 Å². The highest BCUT2D eigenvalue weighted by Crippen LogP contribution is 2.23. The zero-order valence-electron chi connectivity index (χ0n) is 16.4. The van der Waals surface area contributed by atoms with Crippen LogP contribution in [0, 0.1) is 6.92 Å². The first-order valence-corrected chi connectivity index (χ1v) is 11.4. The van der Waals surface area contributed by atoms with Gasteiger partial charge in [0.2, 0.25) is 10.0 Å². The summed E-state index contributed by atoms with van der Waals surface area (Å²) in [5.41, 5.74) is 2.33. The third-order valence-electron chi connectivity index (χ3n) is 5.20. The number of hydrogen-bond donors (Lipinski definition) is 2. The molecule has 0 unspecified atom stereocenters. The van der Waals surface area contributed by atoms with Gasteiger partial charge in [0.15, 0.2) is 0 Å². The molecule has 6 nitrogen and oxygen atoms in total. The quantitative estimate of drug-likeness (QED) is 0.559. The first-order valence-electron chi connectivity index (χ1n) is 9.89. The average molecular weight is 412 g/mol. The predicted molar refractivity (Wildman–Crippen MR) is 113 cm³/mol. The molecule has 1 aromatic heterocycles. The van der Waals surface area contributed by atoms with E-state index < -0.39 is 10.0 Å². The Labute approximate surface area is 171 Å². The van der Waals surface area contributed by atoms with Crippen molar-refractivity contribution in [3.63, 3.8) is 0 Å². The highest BCUT2D eigenvalue weighted by Gasteiger charge is 2.28. The van der Waals surface area contributed by atoms with Crippen LogP contribution in [-0.2, 0) is 16.6 Å². The van der Waals surface area contributed by atoms with Crippen molar-refractivity contribution in [2.45, 2.75) is 43.7 Å². The van der Waals surface area contributed by atoms with Gasteiger partial charge >= 0.3 is 0 Å². The normalized spacial score (nSPS) is 14.2. The molecule has 2 aromatic carbocycles. The van der Waals surface area contributed by atoms with E-state index in [4.69, 9.17) is 0 Å². The molecule has 0 saturated heterocycles. The van der Waals surface area contributed by atoms with Crippen molar-refractivity contribution in [2.24, 2.45) is 0 Å². The fourth-order valence-corrected chi connectivity index (χ4v) is 4.71. The van der Waals surface area contributed by atoms with E-state index in [0.29, 0.717) is 12.1 Å². The predicted octanol–water partition coefficient (Wildman–Crippen LogP) is 3.21. The summed E-state index contributed by atoms with van der Waals surface area (Å²) in [6, 6.07) is 15.0. The summed E-state index contributed by atoms with van der Waals surface area (Å²) >= 11 is 0. The number of carbonyl (C=O) groups is 1. The van der Waals surface area contributed by atoms with Crippen molar-refractivity contribution in [3.8, 4) is 0 Å². The molecule has 1 amide bonds. The summed E-state index contributed by atoms with van der Waals surface area (Å²) in [4.78, 5) is 12.8. The number of fused-ring (bicyclic) bond motifs is 1. The molecule has 0 bridgehead atoms. The summed E-state index contributed by atoms with van der Waals surface area (Å²) in [5, 5.41) is 4.11. The minimum Gasteiger partial charge on any atom is -0.352 e. The van der Waals surface area contributed by atoms with Crippen LogP contribution in [0.15, 0.2) is 59.6 Å². The van der Waals surface area contributed by atoms with E-state index in [1.165, 1.54) is 17.0 Å². The van der Waals surface area contributed by atoms with Crippen molar-refractivity contribution >= 4 is 26.8 Å². The molecule has 0 radical (unpaired) electrons. The van der Waals surface area contributed by atoms with Crippen molar-refractivity contribution in [3.05, 3.63) is 65.9 Å². The number of carbonyl (C=O) groups excluding carboxylic acids is 1. The minimum absolute atomic E-state index is 0.0309. The molecule has 1 aliphatic rings. The number of para-hydroxylation sites is 1. The Bertz CT molecular complexity index is 1150. The molecular weight excluding hydrogens is 386 g/mol. The van der Waals surface area contributed by atoms with E-state index >= 15 is 0 Å². The Kier molecular flexibility index (Phi) is 5.43. The molecule has 3 aromatic rings. The van der Waals surface area contributed by atoms with Gasteiger partial charge < -0.3 is 9.88 Å². The van der Waals surface area contributed by atoms with Crippen LogP contribution in [-0.4, -0.2) is 31.5 Å². The van der Waals surface area contributed by atoms with Crippen LogP contribution in [0.1, 0.15) is 35.2 Å². The molecule has 29 heavy (non-hydrogen) atoms. The minimum atomic E-state index is -3.58. The zero-order chi connectivity index (χ0) is 20.4. The van der Waals surface area contributed by atoms with E-state index in [9.17, 15) is 13.2 Å². The number of amides is 1. The monoisotopic (exact) mass is 411 g/mol. The first-order chi connectivity index (χ1) is 13.9. The average Bonchev–Trinajstić information content (AvgIpc) is 3.41. The number of aromatic nitrogens is 1. The van der Waals surface area contributed by atoms with Gasteiger partial charge in [0, 0.05) is 36.4 Å². The van der Waals surface area contributed by atoms with Crippen LogP contribution < -0.4 is 10.0 Å². The second-order valence-electron chi connectivity index (χ2n) is 7.55. The molecule has 0 aliphatic heterocycles. The Morgan fingerprint density at radius 3 is 2.72 bits per heavy atom. The van der Waals surface area contributed by atoms with Crippen molar-refractivity contribution in [2.75, 3.05) is 6.54 Å². The number of sulfonamides is 1. The lowest BCUT2D eigenvalue weighted by Gasteiger charge is -2.11. The molecular formula is C22H25N3O3S. The summed E-state index contributed by atoms with van der Waals surface area (Å²) in [7, 11) is -3.58. The largest absolute Gasteiger partial charge is 0.352 e. The third-order valence-corrected chi connectivity index (χ3v) is 6.72. The number of aryl methyl sites for hydroxylation is 2. The Morgan fingerprint density at radius 2 is 1.93 bits per heavy atom. The molecule has 1 saturated carbocycles. The second-order valence-corrected chi connectivity index (χ2v) is 9.26. The zero-order valence-corrected chi connectivity index (χ0v) is 17.2. The molecule has 152 valence electrons. The van der Waals surface area contributed by atoms with Crippen LogP contribution >= 0.6 is 0 Å². The van der Waals surface area contributed by atoms with Gasteiger partial charge in [-0.2, -0.15) is 0 Å². The molecule has 1 fully saturated rings. The highest BCUT2D eigenvalue weighted by atomic mass is 32.2. The molecule has 7 heteroatoms. The second kappa shape index (κ2) is 8.00. The van der Waals surface area contributed by atoms with Gasteiger partial charge in [-0.3, -0.25) is 4.79 Å². The van der Waals surface area contributed by atoms with Crippen LogP contribution in [0.25, 0.3) is 10.9 Å². The van der Waals surface area contributed by atoms with E-state index in [-0.39, 0.29) is 16.8 Å². The van der Waals surface area contributed by atoms with Crippen LogP contribution in [0.2, 0.25) is 0 Å². The molecule has 4 rings (SSSR count). The van der Waals surface area contributed by atoms with E-state index in [2.05, 4.69) is 39.0 Å². The highest BCUT2D eigenvalue weighted by molar-refractivity contribution is 7.89. The molecule has 2 N–H and O–H groups in total. The lowest BCUT2D eigenvalue weighted by atomic mass is 10.1. The third kappa shape index (κ3) is 4.52. The maximum atomic E-state index is 12.6. The number of nitrogens with zero attached hydrogens (tertiary/aromatic N) is 1. The van der Waals surface area contributed by atoms with Crippen molar-refractivity contribution < 1.29 is 13.2 Å². The maximum absolute atomic E-state index is 12.6. The topological polar surface area (TPSA) is 80.2 Å². The number of benzene rings is 2. The Balaban J connectivity index is 1.37. The molecule has 1 aliphatic carbocycles. The molecule has 0 atom stereocenters. The summed E-state index contributed by atoms with van der Waals surface area (Å²) in [5.74, 6) is -0.247. The van der Waals surface area contributed by atoms with Gasteiger partial charge in [0.1, 0.15) is 0 Å². The number of nitrogens with one attached hydrogen (secondary N) is 2. The van der Waals surface area contributed by atoms with Crippen molar-refractivity contribution in [1.29, 1.82) is 0 Å². The van der Waals surface area contributed by atoms with Gasteiger partial charge in [-0.15, -0.1) is 0 Å². The van der Waals surface area contributed by atoms with Crippen molar-refractivity contribution in [1.82, 2.24) is 14.6 Å². The van der Waals surface area contributed by atoms with E-state index in [1.54, 1.807) is 12.1 Å². The van der Waals surface area contributed by atoms with E-state index in [1.807, 2.05) is 19.1 Å². The summed E-state index contributed by atoms with van der Waals surface area (Å²) in [6.45, 7) is 3.13. The van der Waals surface area contributed by atoms with Gasteiger partial charge in [-0.25, -0.2) is 13.1 Å². The Morgan fingerprint density at radius 1 is 1.14 bits per heavy atom. The van der Waals surface area contributed by atoms with Gasteiger partial charge in [0.05, 0.1) is 4.90 Å². The molecule has 0 spiro atoms. The standard InChI is InChI=1S/C22H25N3O3S/c1-16-7-10-19(29(27,28)24-18-8-9-18)15-20(16)22(26)23-12-4-13-25-14-11-17-5-2-3-6-21(17)25/h2-3,5-7,10-11,14-15,18,24H,4,8-9,12-13H2,1H3,(H,23,26). The lowest BCUT2D eigenvalue weighted by molar-refractivity contribution is 0.0952.